The first-order chi connectivity index (χ1) is 12.8. The molecule has 0 unspecified atom stereocenters. The Morgan fingerprint density at radius 3 is 2.30 bits per heavy atom. The van der Waals surface area contributed by atoms with Gasteiger partial charge in [0.1, 0.15) is 5.75 Å². The lowest BCUT2D eigenvalue weighted by Gasteiger charge is -2.18. The molecule has 0 spiro atoms. The first-order valence-corrected chi connectivity index (χ1v) is 8.70. The molecule has 0 aliphatic heterocycles. The normalized spacial score (nSPS) is 11.3. The van der Waals surface area contributed by atoms with E-state index in [9.17, 15) is 4.79 Å². The maximum absolute atomic E-state index is 12.2. The van der Waals surface area contributed by atoms with Crippen LogP contribution in [0.25, 0.3) is 5.70 Å². The van der Waals surface area contributed by atoms with Crippen LogP contribution in [-0.4, -0.2) is 26.2 Å². The van der Waals surface area contributed by atoms with Gasteiger partial charge in [0.25, 0.3) is 5.91 Å². The fourth-order valence-corrected chi connectivity index (χ4v) is 2.60. The average molecular weight is 411 g/mol. The van der Waals surface area contributed by atoms with Gasteiger partial charge >= 0.3 is 0 Å². The number of benzene rings is 2. The quantitative estimate of drug-likeness (QED) is 0.641. The molecule has 0 bridgehead atoms. The summed E-state index contributed by atoms with van der Waals surface area (Å²) in [6, 6.07) is 10.1. The summed E-state index contributed by atoms with van der Waals surface area (Å²) < 4.78 is 16.0. The molecule has 0 aromatic heterocycles. The van der Waals surface area contributed by atoms with E-state index in [2.05, 4.69) is 17.4 Å². The summed E-state index contributed by atoms with van der Waals surface area (Å²) in [5.74, 6) is 1.11. The lowest BCUT2D eigenvalue weighted by atomic mass is 10.1. The van der Waals surface area contributed by atoms with Crippen molar-refractivity contribution in [1.82, 2.24) is 10.9 Å². The number of amides is 1. The number of hydrogen-bond acceptors (Lipinski definition) is 5. The van der Waals surface area contributed by atoms with E-state index in [4.69, 9.17) is 37.4 Å². The number of methoxy groups -OCH3 is 2. The van der Waals surface area contributed by atoms with E-state index in [-0.39, 0.29) is 0 Å². The molecule has 1 amide bonds. The molecule has 0 aliphatic rings. The minimum atomic E-state index is -0.797. The highest BCUT2D eigenvalue weighted by Crippen LogP contribution is 2.29. The van der Waals surface area contributed by atoms with Crippen LogP contribution in [0.15, 0.2) is 43.0 Å². The number of carbonyl (C=O) groups is 1. The number of hydrazine groups is 1. The highest BCUT2D eigenvalue weighted by molar-refractivity contribution is 6.35. The van der Waals surface area contributed by atoms with Gasteiger partial charge in [-0.2, -0.15) is 0 Å². The van der Waals surface area contributed by atoms with Gasteiger partial charge in [0, 0.05) is 10.6 Å². The Labute approximate surface area is 168 Å². The van der Waals surface area contributed by atoms with Crippen LogP contribution in [0.1, 0.15) is 12.5 Å². The Kier molecular flexibility index (Phi) is 7.21. The van der Waals surface area contributed by atoms with Crippen LogP contribution in [-0.2, 0) is 4.79 Å². The molecule has 2 aromatic carbocycles. The third-order valence-corrected chi connectivity index (χ3v) is 4.17. The molecule has 0 saturated carbocycles. The van der Waals surface area contributed by atoms with Crippen molar-refractivity contribution >= 4 is 34.8 Å². The third-order valence-electron chi connectivity index (χ3n) is 3.64. The minimum Gasteiger partial charge on any atom is -0.493 e. The predicted molar refractivity (Wildman–Crippen MR) is 106 cm³/mol. The zero-order chi connectivity index (χ0) is 20.0. The second-order valence-corrected chi connectivity index (χ2v) is 6.34. The number of nitrogens with one attached hydrogen (secondary N) is 2. The number of carbonyl (C=O) groups excluding carboxylic acids is 1. The summed E-state index contributed by atoms with van der Waals surface area (Å²) in [6.45, 7) is 5.49. The lowest BCUT2D eigenvalue weighted by Crippen LogP contribution is -2.43. The molecular weight excluding hydrogens is 391 g/mol. The van der Waals surface area contributed by atoms with Gasteiger partial charge in [-0.15, -0.1) is 0 Å². The molecule has 27 heavy (non-hydrogen) atoms. The second kappa shape index (κ2) is 9.39. The molecule has 0 fully saturated rings. The Morgan fingerprint density at radius 2 is 1.67 bits per heavy atom. The van der Waals surface area contributed by atoms with E-state index in [0.29, 0.717) is 33.0 Å². The number of halogens is 2. The Bertz CT molecular complexity index is 842. The first-order valence-electron chi connectivity index (χ1n) is 7.94. The highest BCUT2D eigenvalue weighted by Gasteiger charge is 2.16. The van der Waals surface area contributed by atoms with Crippen molar-refractivity contribution in [3.05, 3.63) is 58.6 Å². The largest absolute Gasteiger partial charge is 0.493 e. The van der Waals surface area contributed by atoms with Gasteiger partial charge in [0.15, 0.2) is 17.6 Å². The van der Waals surface area contributed by atoms with Crippen LogP contribution < -0.4 is 25.1 Å². The predicted octanol–water partition coefficient (Wildman–Crippen LogP) is 4.07. The summed E-state index contributed by atoms with van der Waals surface area (Å²) >= 11 is 11.9. The van der Waals surface area contributed by atoms with E-state index in [0.717, 1.165) is 5.56 Å². The highest BCUT2D eigenvalue weighted by atomic mass is 35.5. The van der Waals surface area contributed by atoms with E-state index < -0.39 is 12.0 Å². The fraction of sp³-hybridized carbons (Fsp3) is 0.211. The van der Waals surface area contributed by atoms with Gasteiger partial charge in [-0.25, -0.2) is 0 Å². The average Bonchev–Trinajstić information content (AvgIpc) is 2.67. The maximum Gasteiger partial charge on any atom is 0.279 e. The van der Waals surface area contributed by atoms with Crippen LogP contribution in [0.3, 0.4) is 0 Å². The lowest BCUT2D eigenvalue weighted by molar-refractivity contribution is -0.127. The van der Waals surface area contributed by atoms with Crippen molar-refractivity contribution in [2.75, 3.05) is 14.2 Å². The zero-order valence-corrected chi connectivity index (χ0v) is 16.6. The Hall–Kier alpha value is -2.57. The van der Waals surface area contributed by atoms with Crippen LogP contribution in [0, 0.1) is 0 Å². The summed E-state index contributed by atoms with van der Waals surface area (Å²) in [4.78, 5) is 12.2. The second-order valence-electron chi connectivity index (χ2n) is 5.50. The molecule has 0 heterocycles. The molecule has 6 nitrogen and oxygen atoms in total. The summed E-state index contributed by atoms with van der Waals surface area (Å²) in [5.41, 5.74) is 6.49. The summed E-state index contributed by atoms with van der Waals surface area (Å²) in [6.07, 6.45) is -0.797. The van der Waals surface area contributed by atoms with Gasteiger partial charge in [-0.1, -0.05) is 29.8 Å². The van der Waals surface area contributed by atoms with Crippen molar-refractivity contribution < 1.29 is 19.0 Å². The van der Waals surface area contributed by atoms with E-state index in [1.54, 1.807) is 57.5 Å². The molecule has 0 aliphatic carbocycles. The number of hydrogen-bond donors (Lipinski definition) is 2. The van der Waals surface area contributed by atoms with Crippen molar-refractivity contribution in [3.8, 4) is 17.2 Å². The van der Waals surface area contributed by atoms with Crippen molar-refractivity contribution in [3.63, 3.8) is 0 Å². The minimum absolute atomic E-state index is 0.324. The van der Waals surface area contributed by atoms with E-state index in [1.807, 2.05) is 0 Å². The Morgan fingerprint density at radius 1 is 1.00 bits per heavy atom. The van der Waals surface area contributed by atoms with E-state index in [1.165, 1.54) is 0 Å². The molecular formula is C19H20Cl2N2O4. The van der Waals surface area contributed by atoms with Crippen molar-refractivity contribution in [2.24, 2.45) is 0 Å². The monoisotopic (exact) mass is 410 g/mol. The molecule has 144 valence electrons. The topological polar surface area (TPSA) is 68.8 Å². The molecule has 0 radical (unpaired) electrons. The van der Waals surface area contributed by atoms with Gasteiger partial charge in [-0.05, 0) is 43.3 Å². The molecule has 2 rings (SSSR count). The molecule has 1 atom stereocenters. The van der Waals surface area contributed by atoms with Crippen molar-refractivity contribution in [1.29, 1.82) is 0 Å². The molecule has 2 aromatic rings. The van der Waals surface area contributed by atoms with Crippen LogP contribution in [0.4, 0.5) is 0 Å². The molecule has 2 N–H and O–H groups in total. The fourth-order valence-electron chi connectivity index (χ4n) is 2.15. The molecule has 8 heteroatoms. The number of ether oxygens (including phenoxy) is 3. The molecule has 0 saturated heterocycles. The van der Waals surface area contributed by atoms with Gasteiger partial charge < -0.3 is 14.2 Å². The van der Waals surface area contributed by atoms with Crippen LogP contribution in [0.2, 0.25) is 10.0 Å². The van der Waals surface area contributed by atoms with Gasteiger partial charge in [0.2, 0.25) is 0 Å². The standard InChI is InChI=1S/C19H20Cl2N2O4/c1-11(13-5-7-17(25-3)18(9-13)26-4)22-23-19(24)12(2)27-16-8-6-14(20)10-15(16)21/h5-10,12,22H,1H2,2-4H3,(H,23,24)/t12-/m1/s1. The van der Waals surface area contributed by atoms with Crippen molar-refractivity contribution in [2.45, 2.75) is 13.0 Å². The zero-order valence-electron chi connectivity index (χ0n) is 15.1. The summed E-state index contributed by atoms with van der Waals surface area (Å²) in [5, 5.41) is 0.808. The smallest absolute Gasteiger partial charge is 0.279 e. The summed E-state index contributed by atoms with van der Waals surface area (Å²) in [7, 11) is 3.10. The first kappa shape index (κ1) is 20.7. The number of rotatable bonds is 8. The van der Waals surface area contributed by atoms with E-state index >= 15 is 0 Å². The van der Waals surface area contributed by atoms with Crippen LogP contribution >= 0.6 is 23.2 Å². The van der Waals surface area contributed by atoms with Crippen LogP contribution in [0.5, 0.6) is 17.2 Å². The Balaban J connectivity index is 1.95. The van der Waals surface area contributed by atoms with Gasteiger partial charge in [-0.3, -0.25) is 15.6 Å². The third kappa shape index (κ3) is 5.45. The van der Waals surface area contributed by atoms with Gasteiger partial charge in [0.05, 0.1) is 24.9 Å². The SMILES string of the molecule is C=C(NNC(=O)[C@@H](C)Oc1ccc(Cl)cc1Cl)c1ccc(OC)c(OC)c1. The maximum atomic E-state index is 12.2.